The van der Waals surface area contributed by atoms with E-state index in [4.69, 9.17) is 0 Å². The molecule has 0 radical (unpaired) electrons. The summed E-state index contributed by atoms with van der Waals surface area (Å²) in [6, 6.07) is 30.9. The number of thioether (sulfide) groups is 2. The summed E-state index contributed by atoms with van der Waals surface area (Å²) in [5, 5.41) is 0.160. The Labute approximate surface area is 164 Å². The third-order valence-corrected chi connectivity index (χ3v) is 6.28. The van der Waals surface area contributed by atoms with E-state index in [9.17, 15) is 4.79 Å². The maximum atomic E-state index is 12.6. The van der Waals surface area contributed by atoms with Gasteiger partial charge in [0.25, 0.3) is 0 Å². The smallest absolute Gasteiger partial charge is 0.135 e. The van der Waals surface area contributed by atoms with Gasteiger partial charge in [0.05, 0.1) is 0 Å². The first-order chi connectivity index (χ1) is 12.8. The van der Waals surface area contributed by atoms with Crippen LogP contribution in [0.1, 0.15) is 23.7 Å². The summed E-state index contributed by atoms with van der Waals surface area (Å²) in [4.78, 5) is 15.0. The Bertz CT molecular complexity index is 788. The summed E-state index contributed by atoms with van der Waals surface area (Å²) < 4.78 is 0. The fourth-order valence-electron chi connectivity index (χ4n) is 2.67. The largest absolute Gasteiger partial charge is 0.300 e. The molecule has 1 unspecified atom stereocenters. The van der Waals surface area contributed by atoms with E-state index in [2.05, 4.69) is 36.4 Å². The molecule has 0 bridgehead atoms. The van der Waals surface area contributed by atoms with Crippen LogP contribution in [0.4, 0.5) is 0 Å². The van der Waals surface area contributed by atoms with E-state index in [0.717, 1.165) is 5.75 Å². The zero-order valence-corrected chi connectivity index (χ0v) is 16.2. The third kappa shape index (κ3) is 6.08. The SMILES string of the molecule is O=C(CCSc1ccccc1)CC(Sc1ccccc1)c1ccccc1. The van der Waals surface area contributed by atoms with Gasteiger partial charge in [0, 0.05) is 33.6 Å². The van der Waals surface area contributed by atoms with Gasteiger partial charge in [-0.1, -0.05) is 66.7 Å². The molecular formula is C23H22OS2. The van der Waals surface area contributed by atoms with E-state index in [1.807, 2.05) is 54.6 Å². The second-order valence-electron chi connectivity index (χ2n) is 5.98. The zero-order valence-electron chi connectivity index (χ0n) is 14.6. The molecule has 3 aromatic rings. The van der Waals surface area contributed by atoms with Crippen LogP contribution in [0.2, 0.25) is 0 Å². The van der Waals surface area contributed by atoms with Gasteiger partial charge in [0.2, 0.25) is 0 Å². The van der Waals surface area contributed by atoms with Crippen molar-refractivity contribution in [2.75, 3.05) is 5.75 Å². The van der Waals surface area contributed by atoms with Gasteiger partial charge < -0.3 is 0 Å². The number of rotatable bonds is 9. The molecule has 3 aromatic carbocycles. The molecule has 0 amide bonds. The molecule has 26 heavy (non-hydrogen) atoms. The van der Waals surface area contributed by atoms with Gasteiger partial charge in [-0.3, -0.25) is 4.79 Å². The average Bonchev–Trinajstić information content (AvgIpc) is 2.70. The van der Waals surface area contributed by atoms with Crippen molar-refractivity contribution in [1.82, 2.24) is 0 Å². The molecule has 0 saturated carbocycles. The lowest BCUT2D eigenvalue weighted by Gasteiger charge is -2.16. The van der Waals surface area contributed by atoms with E-state index in [0.29, 0.717) is 18.6 Å². The highest BCUT2D eigenvalue weighted by atomic mass is 32.2. The fraction of sp³-hybridized carbons (Fsp3) is 0.174. The molecule has 0 aliphatic heterocycles. The summed E-state index contributed by atoms with van der Waals surface area (Å²) in [7, 11) is 0. The van der Waals surface area contributed by atoms with Crippen molar-refractivity contribution in [3.05, 3.63) is 96.6 Å². The molecule has 3 rings (SSSR count). The van der Waals surface area contributed by atoms with Gasteiger partial charge in [0.15, 0.2) is 0 Å². The van der Waals surface area contributed by atoms with E-state index >= 15 is 0 Å². The van der Waals surface area contributed by atoms with Crippen LogP contribution in [0, 0.1) is 0 Å². The van der Waals surface area contributed by atoms with Gasteiger partial charge in [-0.25, -0.2) is 0 Å². The molecule has 132 valence electrons. The maximum absolute atomic E-state index is 12.6. The first-order valence-corrected chi connectivity index (χ1v) is 10.6. The fourth-order valence-corrected chi connectivity index (χ4v) is 4.79. The standard InChI is InChI=1S/C23H22OS2/c24-20(16-17-25-21-12-6-2-7-13-21)18-23(19-10-4-1-5-11-19)26-22-14-8-3-9-15-22/h1-15,23H,16-18H2. The number of Topliss-reactive ketones (excluding diaryl/α,β-unsaturated/α-hetero) is 1. The normalized spacial score (nSPS) is 11.8. The van der Waals surface area contributed by atoms with Crippen molar-refractivity contribution < 1.29 is 4.79 Å². The summed E-state index contributed by atoms with van der Waals surface area (Å²) in [6.45, 7) is 0. The summed E-state index contributed by atoms with van der Waals surface area (Å²) in [5.74, 6) is 1.16. The van der Waals surface area contributed by atoms with Crippen LogP contribution in [0.5, 0.6) is 0 Å². The van der Waals surface area contributed by atoms with Gasteiger partial charge >= 0.3 is 0 Å². The number of carbonyl (C=O) groups excluding carboxylic acids is 1. The Morgan fingerprint density at radius 2 is 1.27 bits per heavy atom. The summed E-state index contributed by atoms with van der Waals surface area (Å²) in [6.07, 6.45) is 1.18. The quantitative estimate of drug-likeness (QED) is 0.387. The van der Waals surface area contributed by atoms with E-state index in [-0.39, 0.29) is 5.25 Å². The second kappa shape index (κ2) is 10.2. The number of hydrogen-bond acceptors (Lipinski definition) is 3. The lowest BCUT2D eigenvalue weighted by Crippen LogP contribution is -2.06. The van der Waals surface area contributed by atoms with E-state index in [1.165, 1.54) is 15.4 Å². The summed E-state index contributed by atoms with van der Waals surface area (Å²) in [5.41, 5.74) is 1.21. The van der Waals surface area contributed by atoms with Crippen molar-refractivity contribution in [3.8, 4) is 0 Å². The van der Waals surface area contributed by atoms with Crippen LogP contribution < -0.4 is 0 Å². The zero-order chi connectivity index (χ0) is 18.0. The average molecular weight is 379 g/mol. The van der Waals surface area contributed by atoms with Gasteiger partial charge in [-0.05, 0) is 29.8 Å². The van der Waals surface area contributed by atoms with Crippen LogP contribution in [-0.2, 0) is 4.79 Å². The molecular weight excluding hydrogens is 356 g/mol. The molecule has 0 spiro atoms. The predicted octanol–water partition coefficient (Wildman–Crippen LogP) is 6.66. The van der Waals surface area contributed by atoms with Crippen LogP contribution >= 0.6 is 23.5 Å². The number of benzene rings is 3. The molecule has 1 nitrogen and oxygen atoms in total. The van der Waals surface area contributed by atoms with E-state index < -0.39 is 0 Å². The number of carbonyl (C=O) groups is 1. The Kier molecular flexibility index (Phi) is 7.41. The van der Waals surface area contributed by atoms with Crippen molar-refractivity contribution in [3.63, 3.8) is 0 Å². The minimum atomic E-state index is 0.160. The lowest BCUT2D eigenvalue weighted by molar-refractivity contribution is -0.118. The van der Waals surface area contributed by atoms with Crippen molar-refractivity contribution in [2.24, 2.45) is 0 Å². The first-order valence-electron chi connectivity index (χ1n) is 8.77. The maximum Gasteiger partial charge on any atom is 0.135 e. The molecule has 0 saturated heterocycles. The molecule has 1 atom stereocenters. The third-order valence-electron chi connectivity index (χ3n) is 4.00. The summed E-state index contributed by atoms with van der Waals surface area (Å²) >= 11 is 3.52. The highest BCUT2D eigenvalue weighted by Crippen LogP contribution is 2.38. The molecule has 0 heterocycles. The van der Waals surface area contributed by atoms with Crippen LogP contribution in [0.3, 0.4) is 0 Å². The van der Waals surface area contributed by atoms with Crippen LogP contribution in [-0.4, -0.2) is 11.5 Å². The molecule has 0 aliphatic carbocycles. The second-order valence-corrected chi connectivity index (χ2v) is 8.43. The number of ketones is 1. The van der Waals surface area contributed by atoms with Crippen molar-refractivity contribution >= 4 is 29.3 Å². The predicted molar refractivity (Wildman–Crippen MR) is 113 cm³/mol. The van der Waals surface area contributed by atoms with Crippen molar-refractivity contribution in [1.29, 1.82) is 0 Å². The molecule has 0 N–H and O–H groups in total. The van der Waals surface area contributed by atoms with Crippen molar-refractivity contribution in [2.45, 2.75) is 27.9 Å². The lowest BCUT2D eigenvalue weighted by atomic mass is 10.1. The molecule has 0 aromatic heterocycles. The Morgan fingerprint density at radius 3 is 1.88 bits per heavy atom. The van der Waals surface area contributed by atoms with Crippen LogP contribution in [0.15, 0.2) is 101 Å². The van der Waals surface area contributed by atoms with E-state index in [1.54, 1.807) is 23.5 Å². The minimum absolute atomic E-state index is 0.160. The first kappa shape index (κ1) is 18.8. The highest BCUT2D eigenvalue weighted by molar-refractivity contribution is 7.99. The minimum Gasteiger partial charge on any atom is -0.300 e. The Hall–Kier alpha value is -1.97. The Morgan fingerprint density at radius 1 is 0.731 bits per heavy atom. The molecule has 0 aliphatic rings. The Balaban J connectivity index is 1.59. The monoisotopic (exact) mass is 378 g/mol. The van der Waals surface area contributed by atoms with Gasteiger partial charge in [-0.15, -0.1) is 23.5 Å². The van der Waals surface area contributed by atoms with Gasteiger partial charge in [-0.2, -0.15) is 0 Å². The van der Waals surface area contributed by atoms with Gasteiger partial charge in [0.1, 0.15) is 5.78 Å². The number of hydrogen-bond donors (Lipinski definition) is 0. The molecule has 0 fully saturated rings. The highest BCUT2D eigenvalue weighted by Gasteiger charge is 2.17. The molecule has 3 heteroatoms. The van der Waals surface area contributed by atoms with Crippen LogP contribution in [0.25, 0.3) is 0 Å². The topological polar surface area (TPSA) is 17.1 Å².